The average Bonchev–Trinajstić information content (AvgIpc) is 3.36. The summed E-state index contributed by atoms with van der Waals surface area (Å²) in [5.41, 5.74) is 2.45. The molecule has 0 bridgehead atoms. The Morgan fingerprint density at radius 2 is 1.79 bits per heavy atom. The quantitative estimate of drug-likeness (QED) is 0.313. The van der Waals surface area contributed by atoms with Gasteiger partial charge in [0.15, 0.2) is 0 Å². The summed E-state index contributed by atoms with van der Waals surface area (Å²) >= 11 is 2.80. The third-order valence-corrected chi connectivity index (χ3v) is 7.33. The van der Waals surface area contributed by atoms with E-state index < -0.39 is 17.7 Å². The van der Waals surface area contributed by atoms with E-state index in [-0.39, 0.29) is 13.0 Å². The molecule has 2 aromatic heterocycles. The molecule has 5 nitrogen and oxygen atoms in total. The van der Waals surface area contributed by atoms with E-state index in [0.29, 0.717) is 22.7 Å². The van der Waals surface area contributed by atoms with Gasteiger partial charge in [-0.3, -0.25) is 4.79 Å². The molecule has 4 aromatic rings. The summed E-state index contributed by atoms with van der Waals surface area (Å²) in [5.74, 6) is -0.217. The lowest BCUT2D eigenvalue weighted by atomic mass is 10.1. The normalized spacial score (nSPS) is 11.8. The number of hydrogen-bond donors (Lipinski definition) is 1. The molecule has 4 rings (SSSR count). The second-order valence-corrected chi connectivity index (χ2v) is 9.62. The van der Waals surface area contributed by atoms with E-state index in [2.05, 4.69) is 9.97 Å². The number of fused-ring (bicyclic) bond motifs is 1. The first kappa shape index (κ1) is 23.2. The first-order valence-corrected chi connectivity index (χ1v) is 11.6. The number of thiazole rings is 2. The lowest BCUT2D eigenvalue weighted by Gasteiger charge is -2.07. The highest BCUT2D eigenvalue weighted by Gasteiger charge is 2.30. The predicted molar refractivity (Wildman–Crippen MR) is 122 cm³/mol. The number of rotatable bonds is 7. The monoisotopic (exact) mass is 492 g/mol. The van der Waals surface area contributed by atoms with Gasteiger partial charge >= 0.3 is 12.1 Å². The fourth-order valence-corrected chi connectivity index (χ4v) is 5.31. The first-order valence-electron chi connectivity index (χ1n) is 9.99. The van der Waals surface area contributed by atoms with Gasteiger partial charge in [0.2, 0.25) is 0 Å². The van der Waals surface area contributed by atoms with E-state index in [0.717, 1.165) is 43.5 Å². The Labute approximate surface area is 195 Å². The molecule has 0 saturated heterocycles. The van der Waals surface area contributed by atoms with Gasteiger partial charge in [-0.1, -0.05) is 18.2 Å². The molecule has 1 N–H and O–H groups in total. The van der Waals surface area contributed by atoms with Crippen molar-refractivity contribution in [1.29, 1.82) is 0 Å². The minimum absolute atomic E-state index is 0.0157. The number of nitrogens with zero attached hydrogens (tertiary/aromatic N) is 2. The van der Waals surface area contributed by atoms with Gasteiger partial charge in [-0.15, -0.1) is 22.7 Å². The fourth-order valence-electron chi connectivity index (χ4n) is 3.22. The van der Waals surface area contributed by atoms with E-state index in [9.17, 15) is 18.0 Å². The molecule has 0 spiro atoms. The standard InChI is InChI=1S/C23H19F3N2O3S2/c1-12-3-8-16(21-20(12)28-18(33-21)9-10-19(29)30)31-11-17-13(2)27-22(32-17)14-4-6-15(7-5-14)23(24,25)26/h3-8H,9-11H2,1-2H3,(H,29,30). The molecular formula is C23H19F3N2O3S2. The highest BCUT2D eigenvalue weighted by molar-refractivity contribution is 7.19. The number of carboxylic acid groups (broad SMARTS) is 1. The van der Waals surface area contributed by atoms with Gasteiger partial charge in [0, 0.05) is 12.0 Å². The van der Waals surface area contributed by atoms with Crippen LogP contribution in [0, 0.1) is 13.8 Å². The minimum atomic E-state index is -4.38. The van der Waals surface area contributed by atoms with E-state index in [1.165, 1.54) is 34.8 Å². The Morgan fingerprint density at radius 3 is 2.45 bits per heavy atom. The van der Waals surface area contributed by atoms with Crippen molar-refractivity contribution < 1.29 is 27.8 Å². The molecule has 0 aliphatic rings. The van der Waals surface area contributed by atoms with Gasteiger partial charge < -0.3 is 9.84 Å². The van der Waals surface area contributed by atoms with Crippen molar-refractivity contribution in [1.82, 2.24) is 9.97 Å². The Kier molecular flexibility index (Phi) is 6.40. The summed E-state index contributed by atoms with van der Waals surface area (Å²) in [6.45, 7) is 4.03. The fraction of sp³-hybridized carbons (Fsp3) is 0.261. The minimum Gasteiger partial charge on any atom is -0.486 e. The first-order chi connectivity index (χ1) is 15.6. The number of halogens is 3. The predicted octanol–water partition coefficient (Wildman–Crippen LogP) is 6.65. The van der Waals surface area contributed by atoms with Crippen LogP contribution in [0.4, 0.5) is 13.2 Å². The molecule has 0 unspecified atom stereocenters. The molecule has 0 saturated carbocycles. The Morgan fingerprint density at radius 1 is 1.06 bits per heavy atom. The number of carbonyl (C=O) groups is 1. The topological polar surface area (TPSA) is 72.3 Å². The molecule has 172 valence electrons. The molecule has 0 aliphatic carbocycles. The molecular weight excluding hydrogens is 473 g/mol. The lowest BCUT2D eigenvalue weighted by molar-refractivity contribution is -0.138. The van der Waals surface area contributed by atoms with E-state index >= 15 is 0 Å². The summed E-state index contributed by atoms with van der Waals surface area (Å²) in [5, 5.41) is 10.3. The Bertz CT molecular complexity index is 1310. The average molecular weight is 493 g/mol. The van der Waals surface area contributed by atoms with Crippen molar-refractivity contribution in [3.05, 3.63) is 63.1 Å². The number of alkyl halides is 3. The van der Waals surface area contributed by atoms with Crippen molar-refractivity contribution in [2.75, 3.05) is 0 Å². The molecule has 2 heterocycles. The number of carboxylic acids is 1. The summed E-state index contributed by atoms with van der Waals surface area (Å²) in [6.07, 6.45) is -4.00. The highest BCUT2D eigenvalue weighted by Crippen LogP contribution is 2.36. The molecule has 0 radical (unpaired) electrons. The van der Waals surface area contributed by atoms with Crippen LogP contribution in [0.25, 0.3) is 20.8 Å². The van der Waals surface area contributed by atoms with Crippen molar-refractivity contribution in [3.8, 4) is 16.3 Å². The van der Waals surface area contributed by atoms with Gasteiger partial charge in [-0.05, 0) is 37.6 Å². The van der Waals surface area contributed by atoms with E-state index in [4.69, 9.17) is 9.84 Å². The zero-order valence-corrected chi connectivity index (χ0v) is 19.3. The second kappa shape index (κ2) is 9.11. The Balaban J connectivity index is 1.53. The van der Waals surface area contributed by atoms with Crippen molar-refractivity contribution in [3.63, 3.8) is 0 Å². The molecule has 33 heavy (non-hydrogen) atoms. The van der Waals surface area contributed by atoms with Crippen LogP contribution in [0.2, 0.25) is 0 Å². The van der Waals surface area contributed by atoms with Crippen molar-refractivity contribution >= 4 is 38.9 Å². The van der Waals surface area contributed by atoms with Crippen LogP contribution < -0.4 is 4.74 Å². The van der Waals surface area contributed by atoms with Crippen molar-refractivity contribution in [2.45, 2.75) is 39.5 Å². The lowest BCUT2D eigenvalue weighted by Crippen LogP contribution is -2.03. The smallest absolute Gasteiger partial charge is 0.416 e. The van der Waals surface area contributed by atoms with E-state index in [1.807, 2.05) is 26.0 Å². The third-order valence-electron chi connectivity index (χ3n) is 5.02. The molecule has 0 amide bonds. The van der Waals surface area contributed by atoms with Gasteiger partial charge in [0.05, 0.1) is 37.8 Å². The molecule has 10 heteroatoms. The third kappa shape index (κ3) is 5.17. The van der Waals surface area contributed by atoms with E-state index in [1.54, 1.807) is 0 Å². The molecule has 0 atom stereocenters. The molecule has 0 fully saturated rings. The summed E-state index contributed by atoms with van der Waals surface area (Å²) < 4.78 is 45.4. The number of benzene rings is 2. The number of aryl methyl sites for hydroxylation is 3. The summed E-state index contributed by atoms with van der Waals surface area (Å²) in [7, 11) is 0. The zero-order valence-electron chi connectivity index (χ0n) is 17.7. The van der Waals surface area contributed by atoms with Crippen LogP contribution >= 0.6 is 22.7 Å². The van der Waals surface area contributed by atoms with Crippen LogP contribution in [0.1, 0.15) is 33.1 Å². The largest absolute Gasteiger partial charge is 0.486 e. The van der Waals surface area contributed by atoms with Gasteiger partial charge in [-0.25, -0.2) is 9.97 Å². The number of aliphatic carboxylic acids is 1. The number of aromatic nitrogens is 2. The maximum Gasteiger partial charge on any atom is 0.416 e. The SMILES string of the molecule is Cc1nc(-c2ccc(C(F)(F)F)cc2)sc1COc1ccc(C)c2nc(CCC(=O)O)sc12. The van der Waals surface area contributed by atoms with Gasteiger partial charge in [0.1, 0.15) is 17.4 Å². The zero-order chi connectivity index (χ0) is 23.8. The summed E-state index contributed by atoms with van der Waals surface area (Å²) in [6, 6.07) is 8.72. The number of hydrogen-bond acceptors (Lipinski definition) is 6. The second-order valence-electron chi connectivity index (χ2n) is 7.45. The van der Waals surface area contributed by atoms with Crippen LogP contribution in [-0.4, -0.2) is 21.0 Å². The van der Waals surface area contributed by atoms with Crippen LogP contribution in [0.5, 0.6) is 5.75 Å². The molecule has 2 aromatic carbocycles. The summed E-state index contributed by atoms with van der Waals surface area (Å²) in [4.78, 5) is 20.8. The van der Waals surface area contributed by atoms with Gasteiger partial charge in [0.25, 0.3) is 0 Å². The highest BCUT2D eigenvalue weighted by atomic mass is 32.1. The Hall–Kier alpha value is -2.98. The van der Waals surface area contributed by atoms with Crippen molar-refractivity contribution in [2.24, 2.45) is 0 Å². The maximum atomic E-state index is 12.8. The maximum absolute atomic E-state index is 12.8. The number of ether oxygens (including phenoxy) is 1. The van der Waals surface area contributed by atoms with Crippen LogP contribution in [-0.2, 0) is 24.0 Å². The van der Waals surface area contributed by atoms with Crippen LogP contribution in [0.15, 0.2) is 36.4 Å². The molecule has 0 aliphatic heterocycles. The van der Waals surface area contributed by atoms with Crippen LogP contribution in [0.3, 0.4) is 0 Å². The van der Waals surface area contributed by atoms with Gasteiger partial charge in [-0.2, -0.15) is 13.2 Å².